The van der Waals surface area contributed by atoms with Crippen molar-refractivity contribution in [2.24, 2.45) is 5.92 Å². The molecule has 0 N–H and O–H groups in total. The Labute approximate surface area is 162 Å². The van der Waals surface area contributed by atoms with Gasteiger partial charge in [-0.3, -0.25) is 0 Å². The molecule has 1 nitrogen and oxygen atoms in total. The molecule has 0 atom stereocenters. The van der Waals surface area contributed by atoms with Crippen LogP contribution >= 0.6 is 0 Å². The Kier molecular flexibility index (Phi) is 7.37. The summed E-state index contributed by atoms with van der Waals surface area (Å²) in [5.74, 6) is 0.547. The third-order valence-corrected chi connectivity index (χ3v) is 6.07. The molecule has 0 amide bonds. The predicted molar refractivity (Wildman–Crippen MR) is 108 cm³/mol. The average molecular weight is 372 g/mol. The molecule has 2 aromatic rings. The minimum atomic E-state index is -0.544. The van der Waals surface area contributed by atoms with E-state index in [2.05, 4.69) is 11.9 Å². The zero-order valence-corrected chi connectivity index (χ0v) is 16.4. The van der Waals surface area contributed by atoms with Crippen molar-refractivity contribution in [2.75, 3.05) is 0 Å². The van der Waals surface area contributed by atoms with Gasteiger partial charge in [0, 0.05) is 17.3 Å². The molecule has 1 saturated carbocycles. The van der Waals surface area contributed by atoms with Crippen LogP contribution in [0.25, 0.3) is 11.1 Å². The van der Waals surface area contributed by atoms with Crippen LogP contribution in [0.15, 0.2) is 36.5 Å². The molecule has 27 heavy (non-hydrogen) atoms. The largest absolute Gasteiger partial charge is 0.228 e. The van der Waals surface area contributed by atoms with E-state index in [1.54, 1.807) is 12.1 Å². The standard InChI is InChI=1S/C24H31F2N/c1-2-3-4-5-6-7-18-8-10-19(11-9-18)20-12-14-22(23(25)16-20)21-13-15-24(26)27-17-21/h12-19H,2-11H2,1H3/t18-,19-. The van der Waals surface area contributed by atoms with Gasteiger partial charge in [-0.05, 0) is 61.3 Å². The third kappa shape index (κ3) is 5.60. The number of unbranched alkanes of at least 4 members (excludes halogenated alkanes) is 4. The van der Waals surface area contributed by atoms with Crippen molar-refractivity contribution in [1.29, 1.82) is 0 Å². The summed E-state index contributed by atoms with van der Waals surface area (Å²) in [6.45, 7) is 2.26. The summed E-state index contributed by atoms with van der Waals surface area (Å²) in [6, 6.07) is 8.38. The molecule has 1 aliphatic rings. The van der Waals surface area contributed by atoms with Gasteiger partial charge in [-0.1, -0.05) is 57.6 Å². The first-order valence-electron chi connectivity index (χ1n) is 10.6. The normalized spacial score (nSPS) is 20.0. The highest BCUT2D eigenvalue weighted by molar-refractivity contribution is 5.63. The Morgan fingerprint density at radius 3 is 2.37 bits per heavy atom. The minimum Gasteiger partial charge on any atom is -0.228 e. The van der Waals surface area contributed by atoms with Gasteiger partial charge in [0.25, 0.3) is 0 Å². The molecule has 0 radical (unpaired) electrons. The monoisotopic (exact) mass is 371 g/mol. The summed E-state index contributed by atoms with van der Waals surface area (Å²) in [7, 11) is 0. The van der Waals surface area contributed by atoms with Crippen molar-refractivity contribution in [3.05, 3.63) is 53.9 Å². The van der Waals surface area contributed by atoms with Gasteiger partial charge in [-0.15, -0.1) is 0 Å². The highest BCUT2D eigenvalue weighted by Crippen LogP contribution is 2.38. The van der Waals surface area contributed by atoms with Gasteiger partial charge in [0.1, 0.15) is 5.82 Å². The van der Waals surface area contributed by atoms with E-state index in [-0.39, 0.29) is 5.82 Å². The van der Waals surface area contributed by atoms with Crippen LogP contribution in [0, 0.1) is 17.7 Å². The molecule has 3 rings (SSSR count). The quantitative estimate of drug-likeness (QED) is 0.343. The van der Waals surface area contributed by atoms with Crippen molar-refractivity contribution in [3.8, 4) is 11.1 Å². The lowest BCUT2D eigenvalue weighted by atomic mass is 9.77. The van der Waals surface area contributed by atoms with Gasteiger partial charge in [0.05, 0.1) is 0 Å². The van der Waals surface area contributed by atoms with Gasteiger partial charge >= 0.3 is 0 Å². The van der Waals surface area contributed by atoms with E-state index in [0.29, 0.717) is 17.0 Å². The van der Waals surface area contributed by atoms with Crippen LogP contribution in [0.1, 0.15) is 82.6 Å². The molecule has 146 valence electrons. The number of aromatic nitrogens is 1. The average Bonchev–Trinajstić information content (AvgIpc) is 2.69. The molecule has 1 heterocycles. The first-order chi connectivity index (χ1) is 13.2. The summed E-state index contributed by atoms with van der Waals surface area (Å²) >= 11 is 0. The summed E-state index contributed by atoms with van der Waals surface area (Å²) in [4.78, 5) is 3.62. The SMILES string of the molecule is CCCCCCC[C@H]1CC[C@H](c2ccc(-c3ccc(F)nc3)c(F)c2)CC1. The second-order valence-corrected chi connectivity index (χ2v) is 8.03. The van der Waals surface area contributed by atoms with Gasteiger partial charge in [0.2, 0.25) is 5.95 Å². The van der Waals surface area contributed by atoms with Crippen molar-refractivity contribution in [1.82, 2.24) is 4.98 Å². The Morgan fingerprint density at radius 2 is 1.70 bits per heavy atom. The first-order valence-corrected chi connectivity index (χ1v) is 10.6. The lowest BCUT2D eigenvalue weighted by Crippen LogP contribution is -2.13. The van der Waals surface area contributed by atoms with Gasteiger partial charge in [0.15, 0.2) is 0 Å². The van der Waals surface area contributed by atoms with E-state index < -0.39 is 5.95 Å². The molecule has 1 aromatic carbocycles. The number of nitrogens with zero attached hydrogens (tertiary/aromatic N) is 1. The number of halogens is 2. The van der Waals surface area contributed by atoms with Crippen LogP contribution in [-0.4, -0.2) is 4.98 Å². The maximum Gasteiger partial charge on any atom is 0.212 e. The number of hydrogen-bond donors (Lipinski definition) is 0. The first kappa shape index (κ1) is 20.0. The van der Waals surface area contributed by atoms with E-state index >= 15 is 0 Å². The second kappa shape index (κ2) is 9.96. The maximum absolute atomic E-state index is 14.6. The van der Waals surface area contributed by atoms with Crippen LogP contribution < -0.4 is 0 Å². The molecule has 0 spiro atoms. The van der Waals surface area contributed by atoms with Crippen LogP contribution in [-0.2, 0) is 0 Å². The van der Waals surface area contributed by atoms with E-state index in [1.165, 1.54) is 63.6 Å². The number of hydrogen-bond acceptors (Lipinski definition) is 1. The molecule has 0 saturated heterocycles. The molecule has 1 fully saturated rings. The van der Waals surface area contributed by atoms with E-state index in [9.17, 15) is 8.78 Å². The zero-order chi connectivity index (χ0) is 19.1. The second-order valence-electron chi connectivity index (χ2n) is 8.03. The lowest BCUT2D eigenvalue weighted by molar-refractivity contribution is 0.301. The number of rotatable bonds is 8. The summed E-state index contributed by atoms with van der Waals surface area (Å²) in [5.41, 5.74) is 2.21. The predicted octanol–water partition coefficient (Wildman–Crippen LogP) is 7.66. The molecule has 1 aliphatic carbocycles. The summed E-state index contributed by atoms with van der Waals surface area (Å²) in [6.07, 6.45) is 14.4. The van der Waals surface area contributed by atoms with E-state index in [1.807, 2.05) is 12.1 Å². The van der Waals surface area contributed by atoms with Crippen LogP contribution in [0.2, 0.25) is 0 Å². The fourth-order valence-electron chi connectivity index (χ4n) is 4.38. The molecule has 0 unspecified atom stereocenters. The van der Waals surface area contributed by atoms with Gasteiger partial charge in [-0.2, -0.15) is 4.39 Å². The molecule has 0 bridgehead atoms. The molecule has 3 heteroatoms. The maximum atomic E-state index is 14.6. The molecular weight excluding hydrogens is 340 g/mol. The zero-order valence-electron chi connectivity index (χ0n) is 16.4. The fraction of sp³-hybridized carbons (Fsp3) is 0.542. The summed E-state index contributed by atoms with van der Waals surface area (Å²) < 4.78 is 27.6. The smallest absolute Gasteiger partial charge is 0.212 e. The van der Waals surface area contributed by atoms with E-state index in [4.69, 9.17) is 0 Å². The van der Waals surface area contributed by atoms with Crippen LogP contribution in [0.5, 0.6) is 0 Å². The van der Waals surface area contributed by atoms with Gasteiger partial charge in [-0.25, -0.2) is 9.37 Å². The van der Waals surface area contributed by atoms with Gasteiger partial charge < -0.3 is 0 Å². The fourth-order valence-corrected chi connectivity index (χ4v) is 4.38. The van der Waals surface area contributed by atoms with Crippen LogP contribution in [0.4, 0.5) is 8.78 Å². The Balaban J connectivity index is 1.52. The Hall–Kier alpha value is -1.77. The van der Waals surface area contributed by atoms with Crippen molar-refractivity contribution in [2.45, 2.75) is 77.0 Å². The van der Waals surface area contributed by atoms with Crippen molar-refractivity contribution < 1.29 is 8.78 Å². The summed E-state index contributed by atoms with van der Waals surface area (Å²) in [5, 5.41) is 0. The highest BCUT2D eigenvalue weighted by Gasteiger charge is 2.23. The number of pyridine rings is 1. The Morgan fingerprint density at radius 1 is 0.926 bits per heavy atom. The topological polar surface area (TPSA) is 12.9 Å². The minimum absolute atomic E-state index is 0.237. The van der Waals surface area contributed by atoms with E-state index in [0.717, 1.165) is 24.3 Å². The Bertz CT molecular complexity index is 703. The van der Waals surface area contributed by atoms with Crippen molar-refractivity contribution in [3.63, 3.8) is 0 Å². The highest BCUT2D eigenvalue weighted by atomic mass is 19.1. The lowest BCUT2D eigenvalue weighted by Gasteiger charge is -2.29. The van der Waals surface area contributed by atoms with Crippen molar-refractivity contribution >= 4 is 0 Å². The number of benzene rings is 1. The van der Waals surface area contributed by atoms with Crippen LogP contribution in [0.3, 0.4) is 0 Å². The molecular formula is C24H31F2N. The molecule has 1 aromatic heterocycles. The molecule has 0 aliphatic heterocycles. The third-order valence-electron chi connectivity index (χ3n) is 6.07.